The van der Waals surface area contributed by atoms with Crippen molar-refractivity contribution in [2.75, 3.05) is 46.0 Å². The van der Waals surface area contributed by atoms with Crippen LogP contribution in [0.2, 0.25) is 0 Å². The quantitative estimate of drug-likeness (QED) is 0.581. The summed E-state index contributed by atoms with van der Waals surface area (Å²) in [5, 5.41) is 7.53. The first-order chi connectivity index (χ1) is 15.7. The Balaban J connectivity index is 1.08. The number of benzene rings is 2. The van der Waals surface area contributed by atoms with Crippen molar-refractivity contribution in [2.24, 2.45) is 0 Å². The average molecular weight is 436 g/mol. The summed E-state index contributed by atoms with van der Waals surface area (Å²) in [6.45, 7) is 5.02. The second-order valence-corrected chi connectivity index (χ2v) is 7.69. The van der Waals surface area contributed by atoms with Crippen LogP contribution >= 0.6 is 0 Å². The van der Waals surface area contributed by atoms with Crippen molar-refractivity contribution in [3.63, 3.8) is 0 Å². The Morgan fingerprint density at radius 3 is 2.50 bits per heavy atom. The normalized spacial score (nSPS) is 16.1. The van der Waals surface area contributed by atoms with Crippen molar-refractivity contribution in [2.45, 2.75) is 6.54 Å². The van der Waals surface area contributed by atoms with Gasteiger partial charge in [0.25, 0.3) is 5.91 Å². The minimum absolute atomic E-state index is 0.00930. The lowest BCUT2D eigenvalue weighted by molar-refractivity contribution is -0.135. The van der Waals surface area contributed by atoms with Crippen LogP contribution in [0.3, 0.4) is 0 Å². The Morgan fingerprint density at radius 1 is 0.969 bits per heavy atom. The molecule has 166 valence electrons. The van der Waals surface area contributed by atoms with Crippen LogP contribution in [0, 0.1) is 0 Å². The van der Waals surface area contributed by atoms with E-state index in [9.17, 15) is 4.79 Å². The zero-order valence-corrected chi connectivity index (χ0v) is 17.6. The molecule has 9 heteroatoms. The van der Waals surface area contributed by atoms with Crippen LogP contribution in [-0.2, 0) is 11.3 Å². The van der Waals surface area contributed by atoms with E-state index in [4.69, 9.17) is 18.6 Å². The van der Waals surface area contributed by atoms with E-state index in [0.29, 0.717) is 37.9 Å². The molecule has 0 spiro atoms. The molecule has 9 nitrogen and oxygen atoms in total. The summed E-state index contributed by atoms with van der Waals surface area (Å²) in [4.78, 5) is 16.8. The average Bonchev–Trinajstić information content (AvgIpc) is 3.38. The number of hydrogen-bond acceptors (Lipinski definition) is 8. The minimum atomic E-state index is -0.00930. The molecule has 1 saturated heterocycles. The van der Waals surface area contributed by atoms with Gasteiger partial charge in [0.1, 0.15) is 19.0 Å². The van der Waals surface area contributed by atoms with Crippen molar-refractivity contribution in [1.82, 2.24) is 20.0 Å². The highest BCUT2D eigenvalue weighted by Crippen LogP contribution is 2.31. The molecule has 0 atom stereocenters. The summed E-state index contributed by atoms with van der Waals surface area (Å²) in [6, 6.07) is 13.3. The van der Waals surface area contributed by atoms with Crippen LogP contribution in [-0.4, -0.2) is 71.9 Å². The Bertz CT molecular complexity index is 1050. The van der Waals surface area contributed by atoms with Crippen LogP contribution < -0.4 is 14.2 Å². The first-order valence-electron chi connectivity index (χ1n) is 10.6. The molecular weight excluding hydrogens is 412 g/mol. The highest BCUT2D eigenvalue weighted by atomic mass is 16.6. The molecule has 1 aromatic heterocycles. The van der Waals surface area contributed by atoms with Gasteiger partial charge in [-0.05, 0) is 42.0 Å². The summed E-state index contributed by atoms with van der Waals surface area (Å²) in [5.74, 6) is 2.68. The summed E-state index contributed by atoms with van der Waals surface area (Å²) in [6.07, 6.45) is 1.29. The highest BCUT2D eigenvalue weighted by Gasteiger charge is 2.22. The number of hydrogen-bond donors (Lipinski definition) is 0. The van der Waals surface area contributed by atoms with Gasteiger partial charge in [0.15, 0.2) is 18.1 Å². The first-order valence-corrected chi connectivity index (χ1v) is 10.6. The number of nitrogens with zero attached hydrogens (tertiary/aromatic N) is 4. The van der Waals surface area contributed by atoms with Crippen LogP contribution in [0.15, 0.2) is 53.3 Å². The Labute approximate surface area is 185 Å². The smallest absolute Gasteiger partial charge is 0.260 e. The van der Waals surface area contributed by atoms with E-state index in [1.54, 1.807) is 12.1 Å². The maximum Gasteiger partial charge on any atom is 0.260 e. The van der Waals surface area contributed by atoms with Gasteiger partial charge in [-0.3, -0.25) is 9.69 Å². The number of amides is 1. The van der Waals surface area contributed by atoms with Gasteiger partial charge in [-0.25, -0.2) is 0 Å². The third-order valence-corrected chi connectivity index (χ3v) is 5.56. The Hall–Kier alpha value is -3.59. The van der Waals surface area contributed by atoms with Crippen LogP contribution in [0.5, 0.6) is 17.2 Å². The van der Waals surface area contributed by atoms with Crippen LogP contribution in [0.4, 0.5) is 0 Å². The SMILES string of the molecule is O=C(COc1ccc(-c2nnco2)cc1)N1CCN(Cc2ccc3c(c2)OCCO3)CC1. The molecule has 0 aliphatic carbocycles. The fraction of sp³-hybridized carbons (Fsp3) is 0.348. The van der Waals surface area contributed by atoms with Gasteiger partial charge >= 0.3 is 0 Å². The van der Waals surface area contributed by atoms with Gasteiger partial charge in [-0.1, -0.05) is 6.07 Å². The molecule has 5 rings (SSSR count). The van der Waals surface area contributed by atoms with Gasteiger partial charge in [0.05, 0.1) is 0 Å². The number of carbonyl (C=O) groups excluding carboxylic acids is 1. The minimum Gasteiger partial charge on any atom is -0.486 e. The van der Waals surface area contributed by atoms with E-state index in [-0.39, 0.29) is 12.5 Å². The summed E-state index contributed by atoms with van der Waals surface area (Å²) >= 11 is 0. The number of ether oxygens (including phenoxy) is 3. The second-order valence-electron chi connectivity index (χ2n) is 7.69. The molecule has 1 fully saturated rings. The molecule has 0 bridgehead atoms. The molecule has 0 radical (unpaired) electrons. The maximum atomic E-state index is 12.6. The van der Waals surface area contributed by atoms with Crippen molar-refractivity contribution in [3.05, 3.63) is 54.4 Å². The van der Waals surface area contributed by atoms with Crippen LogP contribution in [0.25, 0.3) is 11.5 Å². The predicted octanol–water partition coefficient (Wildman–Crippen LogP) is 2.23. The lowest BCUT2D eigenvalue weighted by Crippen LogP contribution is -2.49. The maximum absolute atomic E-state index is 12.6. The molecule has 32 heavy (non-hydrogen) atoms. The van der Waals surface area contributed by atoms with Crippen molar-refractivity contribution in [1.29, 1.82) is 0 Å². The van der Waals surface area contributed by atoms with E-state index < -0.39 is 0 Å². The van der Waals surface area contributed by atoms with Gasteiger partial charge in [0.2, 0.25) is 12.3 Å². The van der Waals surface area contributed by atoms with Crippen molar-refractivity contribution >= 4 is 5.91 Å². The topological polar surface area (TPSA) is 90.2 Å². The molecule has 3 aromatic rings. The highest BCUT2D eigenvalue weighted by molar-refractivity contribution is 5.78. The van der Waals surface area contributed by atoms with Crippen LogP contribution in [0.1, 0.15) is 5.56 Å². The standard InChI is InChI=1S/C23H24N4O5/c28-22(15-31-19-4-2-18(3-5-19)23-25-24-16-32-23)27-9-7-26(8-10-27)14-17-1-6-20-21(13-17)30-12-11-29-20/h1-6,13,16H,7-12,14-15H2. The van der Waals surface area contributed by atoms with E-state index in [1.807, 2.05) is 29.2 Å². The van der Waals surface area contributed by atoms with E-state index in [0.717, 1.165) is 36.7 Å². The molecule has 3 heterocycles. The second kappa shape index (κ2) is 9.27. The van der Waals surface area contributed by atoms with E-state index >= 15 is 0 Å². The van der Waals surface area contributed by atoms with Gasteiger partial charge in [-0.15, -0.1) is 10.2 Å². The molecule has 1 amide bonds. The van der Waals surface area contributed by atoms with Crippen molar-refractivity contribution in [3.8, 4) is 28.7 Å². The number of carbonyl (C=O) groups is 1. The largest absolute Gasteiger partial charge is 0.486 e. The molecule has 2 aromatic carbocycles. The summed E-state index contributed by atoms with van der Waals surface area (Å²) in [5.41, 5.74) is 1.98. The first kappa shape index (κ1) is 20.3. The zero-order valence-electron chi connectivity index (χ0n) is 17.6. The lowest BCUT2D eigenvalue weighted by Gasteiger charge is -2.34. The third-order valence-electron chi connectivity index (χ3n) is 5.56. The fourth-order valence-electron chi connectivity index (χ4n) is 3.83. The van der Waals surface area contributed by atoms with Gasteiger partial charge in [-0.2, -0.15) is 0 Å². The molecule has 0 N–H and O–H groups in total. The lowest BCUT2D eigenvalue weighted by atomic mass is 10.1. The predicted molar refractivity (Wildman–Crippen MR) is 115 cm³/mol. The number of fused-ring (bicyclic) bond motifs is 1. The third kappa shape index (κ3) is 4.67. The Morgan fingerprint density at radius 2 is 1.75 bits per heavy atom. The zero-order chi connectivity index (χ0) is 21.8. The number of piperazine rings is 1. The number of aromatic nitrogens is 2. The Kier molecular flexibility index (Phi) is 5.89. The number of rotatable bonds is 6. The van der Waals surface area contributed by atoms with Gasteiger partial charge in [0, 0.05) is 38.3 Å². The monoisotopic (exact) mass is 436 g/mol. The van der Waals surface area contributed by atoms with Crippen molar-refractivity contribution < 1.29 is 23.4 Å². The molecule has 0 unspecified atom stereocenters. The molecule has 2 aliphatic heterocycles. The fourth-order valence-corrected chi connectivity index (χ4v) is 3.83. The van der Waals surface area contributed by atoms with E-state index in [1.165, 1.54) is 12.0 Å². The summed E-state index contributed by atoms with van der Waals surface area (Å²) in [7, 11) is 0. The van der Waals surface area contributed by atoms with Gasteiger partial charge < -0.3 is 23.5 Å². The molecule has 2 aliphatic rings. The summed E-state index contributed by atoms with van der Waals surface area (Å²) < 4.78 is 22.1. The molecular formula is C23H24N4O5. The molecule has 0 saturated carbocycles. The van der Waals surface area contributed by atoms with E-state index in [2.05, 4.69) is 21.2 Å².